The van der Waals surface area contributed by atoms with Gasteiger partial charge in [-0.15, -0.1) is 0 Å². The Balaban J connectivity index is 0. The molecule has 0 aliphatic heterocycles. The number of carbonyl (C=O) groups excluding carboxylic acids is 1. The van der Waals surface area contributed by atoms with E-state index in [0.717, 1.165) is 0 Å². The first kappa shape index (κ1) is 10.1. The fourth-order valence-corrected chi connectivity index (χ4v) is 0.0609. The largest absolute Gasteiger partial charge is 1.00 e. The summed E-state index contributed by atoms with van der Waals surface area (Å²) < 4.78 is 0. The van der Waals surface area contributed by atoms with Gasteiger partial charge in [-0.25, -0.2) is 0 Å². The van der Waals surface area contributed by atoms with Gasteiger partial charge in [0, 0.05) is 0 Å². The van der Waals surface area contributed by atoms with Gasteiger partial charge in [0.15, 0.2) is 0 Å². The smallest absolute Gasteiger partial charge is 0.545 e. The van der Waals surface area contributed by atoms with Crippen LogP contribution in [-0.4, -0.2) is 11.1 Å². The molecule has 0 amide bonds. The van der Waals surface area contributed by atoms with Crippen LogP contribution in [0.1, 0.15) is 0 Å². The average Bonchev–Trinajstić information content (AvgIpc) is 1.35. The van der Waals surface area contributed by atoms with E-state index in [1.54, 1.807) is 0 Å². The Morgan fingerprint density at radius 2 is 2.14 bits per heavy atom. The van der Waals surface area contributed by atoms with Crippen molar-refractivity contribution in [1.82, 2.24) is 0 Å². The third-order valence-electron chi connectivity index (χ3n) is 0.211. The van der Waals surface area contributed by atoms with Crippen molar-refractivity contribution in [2.24, 2.45) is 0 Å². The Bertz CT molecular complexity index is 78.2. The molecule has 0 spiro atoms. The van der Waals surface area contributed by atoms with Crippen molar-refractivity contribution in [2.75, 3.05) is 0 Å². The van der Waals surface area contributed by atoms with Gasteiger partial charge in [0.05, 0.1) is 12.2 Å². The van der Waals surface area contributed by atoms with E-state index in [1.165, 1.54) is 0 Å². The number of hydrogen-bond acceptors (Lipinski definition) is 3. The number of aliphatic hydroxyl groups excluding tert-OH is 1. The molecule has 0 radical (unpaired) electrons. The summed E-state index contributed by atoms with van der Waals surface area (Å²) in [4.78, 5) is 9.24. The van der Waals surface area contributed by atoms with Gasteiger partial charge < -0.3 is 15.0 Å². The normalized spacial score (nSPS) is 8.00. The maximum Gasteiger partial charge on any atom is 1.00 e. The van der Waals surface area contributed by atoms with Crippen molar-refractivity contribution < 1.29 is 44.6 Å². The van der Waals surface area contributed by atoms with Crippen molar-refractivity contribution in [3.63, 3.8) is 0 Å². The molecule has 4 heteroatoms. The summed E-state index contributed by atoms with van der Waals surface area (Å²) in [7, 11) is 0. The predicted molar refractivity (Wildman–Crippen MR) is 16.8 cm³/mol. The molecule has 0 aromatic heterocycles. The van der Waals surface area contributed by atoms with Gasteiger partial charge in [-0.1, -0.05) is 0 Å². The molecule has 0 rings (SSSR count). The quantitative estimate of drug-likeness (QED) is 0.211. The van der Waals surface area contributed by atoms with Crippen molar-refractivity contribution in [3.05, 3.63) is 12.3 Å². The van der Waals surface area contributed by atoms with E-state index < -0.39 is 5.97 Å². The van der Waals surface area contributed by atoms with Crippen molar-refractivity contribution in [1.29, 1.82) is 0 Å². The molecule has 0 unspecified atom stereocenters. The molecule has 0 aromatic rings. The van der Waals surface area contributed by atoms with Crippen molar-refractivity contribution in [3.8, 4) is 0 Å². The molecule has 0 atom stereocenters. The number of carboxylic acid groups (broad SMARTS) is 1. The molecule has 3 nitrogen and oxygen atoms in total. The minimum absolute atomic E-state index is 0. The maximum atomic E-state index is 9.24. The second-order valence-corrected chi connectivity index (χ2v) is 0.635. The number of carbonyl (C=O) groups is 1. The molecule has 0 fully saturated rings. The van der Waals surface area contributed by atoms with Crippen LogP contribution in [0, 0.1) is 0 Å². The third-order valence-corrected chi connectivity index (χ3v) is 0.211. The number of hydrogen-bond donors (Lipinski definition) is 1. The van der Waals surface area contributed by atoms with Crippen LogP contribution in [0.3, 0.4) is 0 Å². The minimum Gasteiger partial charge on any atom is -0.545 e. The van der Waals surface area contributed by atoms with Crippen molar-refractivity contribution >= 4 is 5.97 Å². The van der Waals surface area contributed by atoms with Crippen LogP contribution >= 0.6 is 0 Å². The Morgan fingerprint density at radius 1 is 1.71 bits per heavy atom. The van der Waals surface area contributed by atoms with Crippen LogP contribution in [0.5, 0.6) is 0 Å². The van der Waals surface area contributed by atoms with Crippen LogP contribution in [0.15, 0.2) is 12.3 Å². The van der Waals surface area contributed by atoms with Gasteiger partial charge >= 0.3 is 29.6 Å². The molecule has 7 heavy (non-hydrogen) atoms. The minimum atomic E-state index is -1.39. The second-order valence-electron chi connectivity index (χ2n) is 0.635. The summed E-state index contributed by atoms with van der Waals surface area (Å²) in [5.41, 5.74) is 0. The van der Waals surface area contributed by atoms with E-state index in [1.807, 2.05) is 0 Å². The summed E-state index contributed by atoms with van der Waals surface area (Å²) in [6.45, 7) is 0. The summed E-state index contributed by atoms with van der Waals surface area (Å²) in [6, 6.07) is 0. The number of rotatable bonds is 1. The van der Waals surface area contributed by atoms with Crippen LogP contribution in [0.4, 0.5) is 0 Å². The first-order chi connectivity index (χ1) is 2.77. The number of carboxylic acids is 1. The van der Waals surface area contributed by atoms with Gasteiger partial charge in [-0.3, -0.25) is 0 Å². The van der Waals surface area contributed by atoms with Gasteiger partial charge in [-0.05, 0) is 6.08 Å². The molecule has 0 bridgehead atoms. The van der Waals surface area contributed by atoms with Gasteiger partial charge in [0.25, 0.3) is 0 Å². The van der Waals surface area contributed by atoms with E-state index >= 15 is 0 Å². The number of aliphatic hydroxyl groups is 1. The summed E-state index contributed by atoms with van der Waals surface area (Å²) in [5.74, 6) is -1.39. The zero-order chi connectivity index (χ0) is 4.99. The molecule has 0 heterocycles. The zero-order valence-corrected chi connectivity index (χ0v) is 5.92. The molecule has 34 valence electrons. The van der Waals surface area contributed by atoms with Gasteiger partial charge in [-0.2, -0.15) is 0 Å². The molecule has 0 aliphatic carbocycles. The molecule has 1 N–H and O–H groups in total. The molecule has 0 saturated carbocycles. The third kappa shape index (κ3) is 10.7. The Hall–Kier alpha value is 0.0100. The Morgan fingerprint density at radius 3 is 2.14 bits per heavy atom. The zero-order valence-electron chi connectivity index (χ0n) is 3.92. The molecule has 0 saturated heterocycles. The average molecular weight is 110 g/mol. The Labute approximate surface area is 62.9 Å². The predicted octanol–water partition coefficient (Wildman–Crippen LogP) is -4.19. The standard InChI is InChI=1S/C3H4O3.Na/c4-2-1-3(5)6;/h1-2,4H,(H,5,6);/q;+1/p-1. The first-order valence-electron chi connectivity index (χ1n) is 1.29. The first-order valence-corrected chi connectivity index (χ1v) is 1.29. The van der Waals surface area contributed by atoms with E-state index in [2.05, 4.69) is 0 Å². The summed E-state index contributed by atoms with van der Waals surface area (Å²) >= 11 is 0. The molecular formula is C3H3NaO3. The van der Waals surface area contributed by atoms with Gasteiger partial charge in [0.2, 0.25) is 0 Å². The van der Waals surface area contributed by atoms with Crippen LogP contribution in [0.2, 0.25) is 0 Å². The van der Waals surface area contributed by atoms with E-state index in [0.29, 0.717) is 12.3 Å². The summed E-state index contributed by atoms with van der Waals surface area (Å²) in [5, 5.41) is 16.9. The van der Waals surface area contributed by atoms with Crippen molar-refractivity contribution in [2.45, 2.75) is 0 Å². The molecule has 0 aliphatic rings. The Kier molecular flexibility index (Phi) is 8.66. The summed E-state index contributed by atoms with van der Waals surface area (Å²) in [6.07, 6.45) is 0.940. The van der Waals surface area contributed by atoms with Crippen LogP contribution in [0.25, 0.3) is 0 Å². The van der Waals surface area contributed by atoms with Crippen LogP contribution < -0.4 is 34.7 Å². The molecule has 0 aromatic carbocycles. The van der Waals surface area contributed by atoms with E-state index in [9.17, 15) is 9.90 Å². The fraction of sp³-hybridized carbons (Fsp3) is 0. The van der Waals surface area contributed by atoms with E-state index in [-0.39, 0.29) is 29.6 Å². The molecular weight excluding hydrogens is 107 g/mol. The topological polar surface area (TPSA) is 60.4 Å². The monoisotopic (exact) mass is 110 g/mol. The van der Waals surface area contributed by atoms with E-state index in [4.69, 9.17) is 5.11 Å². The fourth-order valence-electron chi connectivity index (χ4n) is 0.0609. The second kappa shape index (κ2) is 6.01. The number of aliphatic carboxylic acids is 1. The van der Waals surface area contributed by atoms with Crippen LogP contribution in [-0.2, 0) is 4.79 Å². The van der Waals surface area contributed by atoms with Gasteiger partial charge in [0.1, 0.15) is 0 Å². The maximum absolute atomic E-state index is 9.24. The SMILES string of the molecule is O=C([O-])C=CO.[Na+].